The summed E-state index contributed by atoms with van der Waals surface area (Å²) >= 11 is 0. The Hall–Kier alpha value is -2.84. The third kappa shape index (κ3) is 5.54. The molecule has 2 heterocycles. The SMILES string of the molecule is O=C(Cc1ccc(S(=O)(=O)N2CCOCC2)cc1)c1cccc(CN2CCc3ccccc3C2)c1. The largest absolute Gasteiger partial charge is 0.379 e. The van der Waals surface area contributed by atoms with Crippen molar-refractivity contribution in [1.82, 2.24) is 9.21 Å². The van der Waals surface area contributed by atoms with Crippen molar-refractivity contribution in [2.75, 3.05) is 32.8 Å². The van der Waals surface area contributed by atoms with Gasteiger partial charge in [0, 0.05) is 44.7 Å². The van der Waals surface area contributed by atoms with Crippen LogP contribution in [0.1, 0.15) is 32.6 Å². The van der Waals surface area contributed by atoms with E-state index in [9.17, 15) is 13.2 Å². The van der Waals surface area contributed by atoms with Crippen molar-refractivity contribution in [2.24, 2.45) is 0 Å². The van der Waals surface area contributed by atoms with Crippen LogP contribution in [0.3, 0.4) is 0 Å². The lowest BCUT2D eigenvalue weighted by molar-refractivity contribution is 0.0730. The molecule has 0 atom stereocenters. The van der Waals surface area contributed by atoms with Crippen LogP contribution in [0.15, 0.2) is 77.7 Å². The zero-order valence-electron chi connectivity index (χ0n) is 19.7. The van der Waals surface area contributed by atoms with Crippen LogP contribution in [0.4, 0.5) is 0 Å². The zero-order valence-corrected chi connectivity index (χ0v) is 20.5. The summed E-state index contributed by atoms with van der Waals surface area (Å²) in [6, 6.07) is 23.1. The Bertz CT molecular complexity index is 1300. The fraction of sp³-hybridized carbons (Fsp3) is 0.321. The first kappa shape index (κ1) is 23.9. The number of hydrogen-bond donors (Lipinski definition) is 0. The molecular weight excluding hydrogens is 460 g/mol. The van der Waals surface area contributed by atoms with E-state index < -0.39 is 10.0 Å². The average molecular weight is 491 g/mol. The van der Waals surface area contributed by atoms with Crippen molar-refractivity contribution >= 4 is 15.8 Å². The molecule has 182 valence electrons. The number of carbonyl (C=O) groups is 1. The first-order valence-corrected chi connectivity index (χ1v) is 13.5. The third-order valence-electron chi connectivity index (χ3n) is 6.76. The van der Waals surface area contributed by atoms with E-state index in [-0.39, 0.29) is 17.1 Å². The maximum Gasteiger partial charge on any atom is 0.243 e. The van der Waals surface area contributed by atoms with Crippen molar-refractivity contribution in [3.8, 4) is 0 Å². The molecule has 0 aromatic heterocycles. The van der Waals surface area contributed by atoms with Gasteiger partial charge in [-0.15, -0.1) is 0 Å². The monoisotopic (exact) mass is 490 g/mol. The molecule has 0 saturated carbocycles. The second-order valence-electron chi connectivity index (χ2n) is 9.19. The van der Waals surface area contributed by atoms with E-state index in [0.29, 0.717) is 31.9 Å². The zero-order chi connectivity index (χ0) is 24.3. The Kier molecular flexibility index (Phi) is 7.11. The first-order valence-electron chi connectivity index (χ1n) is 12.1. The molecule has 0 amide bonds. The number of hydrogen-bond acceptors (Lipinski definition) is 5. The van der Waals surface area contributed by atoms with Crippen molar-refractivity contribution in [3.05, 3.63) is 101 Å². The van der Waals surface area contributed by atoms with Crippen molar-refractivity contribution in [3.63, 3.8) is 0 Å². The number of carbonyl (C=O) groups excluding carboxylic acids is 1. The van der Waals surface area contributed by atoms with E-state index >= 15 is 0 Å². The lowest BCUT2D eigenvalue weighted by Crippen LogP contribution is -2.40. The van der Waals surface area contributed by atoms with E-state index in [4.69, 9.17) is 4.74 Å². The quantitative estimate of drug-likeness (QED) is 0.473. The van der Waals surface area contributed by atoms with Gasteiger partial charge in [-0.3, -0.25) is 9.69 Å². The summed E-state index contributed by atoms with van der Waals surface area (Å²) in [5, 5.41) is 0. The Morgan fingerprint density at radius 3 is 2.34 bits per heavy atom. The molecule has 3 aromatic carbocycles. The summed E-state index contributed by atoms with van der Waals surface area (Å²) in [6.45, 7) is 4.30. The van der Waals surface area contributed by atoms with E-state index in [1.165, 1.54) is 15.4 Å². The number of fused-ring (bicyclic) bond motifs is 1. The number of nitrogens with zero attached hydrogens (tertiary/aromatic N) is 2. The lowest BCUT2D eigenvalue weighted by Gasteiger charge is -2.28. The van der Waals surface area contributed by atoms with Crippen LogP contribution >= 0.6 is 0 Å². The molecule has 2 aliphatic heterocycles. The molecule has 5 rings (SSSR count). The molecule has 6 nitrogen and oxygen atoms in total. The van der Waals surface area contributed by atoms with E-state index in [1.54, 1.807) is 24.3 Å². The fourth-order valence-corrected chi connectivity index (χ4v) is 6.20. The molecule has 1 fully saturated rings. The number of morpholine rings is 1. The van der Waals surface area contributed by atoms with Gasteiger partial charge in [0.15, 0.2) is 5.78 Å². The minimum absolute atomic E-state index is 0.0274. The van der Waals surface area contributed by atoms with Gasteiger partial charge in [0.25, 0.3) is 0 Å². The highest BCUT2D eigenvalue weighted by molar-refractivity contribution is 7.89. The van der Waals surface area contributed by atoms with Gasteiger partial charge in [0.2, 0.25) is 10.0 Å². The van der Waals surface area contributed by atoms with Gasteiger partial charge < -0.3 is 4.74 Å². The number of ketones is 1. The van der Waals surface area contributed by atoms with E-state index in [0.717, 1.165) is 37.2 Å². The van der Waals surface area contributed by atoms with Gasteiger partial charge in [0.1, 0.15) is 0 Å². The molecule has 0 spiro atoms. The van der Waals surface area contributed by atoms with Crippen LogP contribution in [0, 0.1) is 0 Å². The predicted molar refractivity (Wildman–Crippen MR) is 135 cm³/mol. The summed E-state index contributed by atoms with van der Waals surface area (Å²) < 4.78 is 32.3. The van der Waals surface area contributed by atoms with Gasteiger partial charge in [-0.1, -0.05) is 54.6 Å². The molecule has 3 aromatic rings. The molecule has 35 heavy (non-hydrogen) atoms. The minimum atomic E-state index is -3.53. The summed E-state index contributed by atoms with van der Waals surface area (Å²) in [4.78, 5) is 15.7. The summed E-state index contributed by atoms with van der Waals surface area (Å²) in [6.07, 6.45) is 1.28. The molecular formula is C28H30N2O4S. The van der Waals surface area contributed by atoms with Gasteiger partial charge in [0.05, 0.1) is 18.1 Å². The van der Waals surface area contributed by atoms with E-state index in [1.807, 2.05) is 18.2 Å². The molecule has 0 radical (unpaired) electrons. The summed E-state index contributed by atoms with van der Waals surface area (Å²) in [5.74, 6) is 0.0274. The predicted octanol–water partition coefficient (Wildman–Crippen LogP) is 3.69. The van der Waals surface area contributed by atoms with Gasteiger partial charge in [-0.05, 0) is 46.9 Å². The number of benzene rings is 3. The Morgan fingerprint density at radius 2 is 1.57 bits per heavy atom. The lowest BCUT2D eigenvalue weighted by atomic mass is 9.98. The second-order valence-corrected chi connectivity index (χ2v) is 11.1. The van der Waals surface area contributed by atoms with Gasteiger partial charge in [-0.25, -0.2) is 8.42 Å². The van der Waals surface area contributed by atoms with E-state index in [2.05, 4.69) is 35.2 Å². The smallest absolute Gasteiger partial charge is 0.243 e. The van der Waals surface area contributed by atoms with Gasteiger partial charge >= 0.3 is 0 Å². The Labute approximate surface area is 207 Å². The highest BCUT2D eigenvalue weighted by atomic mass is 32.2. The fourth-order valence-electron chi connectivity index (χ4n) is 4.79. The van der Waals surface area contributed by atoms with Crippen LogP contribution in [-0.4, -0.2) is 56.3 Å². The maximum absolute atomic E-state index is 13.0. The van der Waals surface area contributed by atoms with Crippen molar-refractivity contribution in [2.45, 2.75) is 30.8 Å². The molecule has 0 bridgehead atoms. The minimum Gasteiger partial charge on any atom is -0.379 e. The molecule has 2 aliphatic rings. The molecule has 0 N–H and O–H groups in total. The molecule has 1 saturated heterocycles. The standard InChI is InChI=1S/C28H30N2O4S/c31-28(19-22-8-10-27(11-9-22)35(32,33)30-14-16-34-17-15-30)25-7-3-4-23(18-25)20-29-13-12-24-5-1-2-6-26(24)21-29/h1-11,18H,12-17,19-21H2. The highest BCUT2D eigenvalue weighted by Gasteiger charge is 2.26. The van der Waals surface area contributed by atoms with Crippen LogP contribution in [0.2, 0.25) is 0 Å². The first-order chi connectivity index (χ1) is 17.0. The molecule has 0 aliphatic carbocycles. The Morgan fingerprint density at radius 1 is 0.829 bits per heavy atom. The number of Topliss-reactive ketones (excluding diaryl/α,β-unsaturated/α-hetero) is 1. The van der Waals surface area contributed by atoms with Crippen molar-refractivity contribution < 1.29 is 17.9 Å². The topological polar surface area (TPSA) is 66.9 Å². The van der Waals surface area contributed by atoms with Crippen molar-refractivity contribution in [1.29, 1.82) is 0 Å². The number of ether oxygens (including phenoxy) is 1. The maximum atomic E-state index is 13.0. The number of sulfonamides is 1. The molecule has 0 unspecified atom stereocenters. The third-order valence-corrected chi connectivity index (χ3v) is 8.67. The molecule has 7 heteroatoms. The summed E-state index contributed by atoms with van der Waals surface area (Å²) in [5.41, 5.74) is 5.42. The normalized spacial score (nSPS) is 17.1. The summed E-state index contributed by atoms with van der Waals surface area (Å²) in [7, 11) is -3.53. The van der Waals surface area contributed by atoms with Crippen LogP contribution < -0.4 is 0 Å². The highest BCUT2D eigenvalue weighted by Crippen LogP contribution is 2.22. The number of rotatable bonds is 7. The average Bonchev–Trinajstić information content (AvgIpc) is 2.89. The second kappa shape index (κ2) is 10.4. The van der Waals surface area contributed by atoms with Crippen LogP contribution in [0.25, 0.3) is 0 Å². The van der Waals surface area contributed by atoms with Crippen LogP contribution in [0.5, 0.6) is 0 Å². The van der Waals surface area contributed by atoms with Crippen LogP contribution in [-0.2, 0) is 40.7 Å². The Balaban J connectivity index is 1.22. The van der Waals surface area contributed by atoms with Gasteiger partial charge in [-0.2, -0.15) is 4.31 Å².